The van der Waals surface area contributed by atoms with Gasteiger partial charge in [0.2, 0.25) is 5.91 Å². The number of hydrogen-bond donors (Lipinski definition) is 1. The topological polar surface area (TPSA) is 73.7 Å². The summed E-state index contributed by atoms with van der Waals surface area (Å²) in [4.78, 5) is 33.1. The van der Waals surface area contributed by atoms with E-state index in [1.807, 2.05) is 42.5 Å². The van der Waals surface area contributed by atoms with Crippen LogP contribution in [0.2, 0.25) is 0 Å². The van der Waals surface area contributed by atoms with Gasteiger partial charge in [0, 0.05) is 30.6 Å². The third-order valence-electron chi connectivity index (χ3n) is 6.59. The standard InChI is InChI=1S/C28H25N3O3/c32-19-25-27(22-14-12-21(13-15-22)10-6-9-20-7-2-1-3-8-20)24-17-30(18-26(33)31(24)25)28(34)23-11-4-5-16-29-23/h1-5,7-8,11-16,24-25,27,32H,9,17-19H2/t24-,25-,27+/m1/s1. The summed E-state index contributed by atoms with van der Waals surface area (Å²) in [5.41, 5.74) is 3.47. The van der Waals surface area contributed by atoms with Crippen molar-refractivity contribution in [1.29, 1.82) is 0 Å². The Kier molecular flexibility index (Phi) is 6.11. The lowest BCUT2D eigenvalue weighted by Gasteiger charge is -2.58. The van der Waals surface area contributed by atoms with Crippen molar-refractivity contribution in [1.82, 2.24) is 14.8 Å². The molecule has 5 rings (SSSR count). The maximum absolute atomic E-state index is 12.9. The lowest BCUT2D eigenvalue weighted by atomic mass is 9.73. The normalized spacial score (nSPS) is 21.2. The van der Waals surface area contributed by atoms with Crippen LogP contribution in [0.1, 0.15) is 33.1 Å². The Morgan fingerprint density at radius 1 is 1.03 bits per heavy atom. The number of hydrogen-bond acceptors (Lipinski definition) is 4. The molecule has 0 saturated carbocycles. The zero-order chi connectivity index (χ0) is 23.5. The predicted molar refractivity (Wildman–Crippen MR) is 128 cm³/mol. The molecule has 170 valence electrons. The Morgan fingerprint density at radius 3 is 2.50 bits per heavy atom. The number of piperazine rings is 1. The van der Waals surface area contributed by atoms with Crippen molar-refractivity contribution in [3.63, 3.8) is 0 Å². The van der Waals surface area contributed by atoms with E-state index in [4.69, 9.17) is 0 Å². The number of benzene rings is 2. The van der Waals surface area contributed by atoms with Crippen molar-refractivity contribution in [3.8, 4) is 11.8 Å². The molecule has 2 saturated heterocycles. The molecular formula is C28H25N3O3. The molecule has 0 aliphatic carbocycles. The Morgan fingerprint density at radius 2 is 1.79 bits per heavy atom. The fourth-order valence-corrected chi connectivity index (χ4v) is 4.94. The molecule has 0 bridgehead atoms. The van der Waals surface area contributed by atoms with Crippen LogP contribution in [0.5, 0.6) is 0 Å². The Bertz CT molecular complexity index is 1230. The molecule has 2 amide bonds. The van der Waals surface area contributed by atoms with Gasteiger partial charge in [-0.15, -0.1) is 0 Å². The Labute approximate surface area is 198 Å². The fourth-order valence-electron chi connectivity index (χ4n) is 4.94. The summed E-state index contributed by atoms with van der Waals surface area (Å²) in [6.07, 6.45) is 2.26. The van der Waals surface area contributed by atoms with Gasteiger partial charge in [-0.1, -0.05) is 60.4 Å². The second-order valence-corrected chi connectivity index (χ2v) is 8.63. The van der Waals surface area contributed by atoms with Crippen LogP contribution >= 0.6 is 0 Å². The zero-order valence-electron chi connectivity index (χ0n) is 18.7. The van der Waals surface area contributed by atoms with Crippen LogP contribution < -0.4 is 0 Å². The number of carbonyl (C=O) groups excluding carboxylic acids is 2. The van der Waals surface area contributed by atoms with Gasteiger partial charge >= 0.3 is 0 Å². The molecule has 1 aromatic heterocycles. The van der Waals surface area contributed by atoms with E-state index < -0.39 is 0 Å². The van der Waals surface area contributed by atoms with E-state index in [0.29, 0.717) is 18.7 Å². The number of rotatable bonds is 4. The van der Waals surface area contributed by atoms with Gasteiger partial charge in [0.15, 0.2) is 0 Å². The summed E-state index contributed by atoms with van der Waals surface area (Å²) >= 11 is 0. The second-order valence-electron chi connectivity index (χ2n) is 8.63. The average molecular weight is 452 g/mol. The highest BCUT2D eigenvalue weighted by atomic mass is 16.3. The lowest BCUT2D eigenvalue weighted by molar-refractivity contribution is -0.159. The third-order valence-corrected chi connectivity index (χ3v) is 6.59. The highest BCUT2D eigenvalue weighted by Gasteiger charge is 2.54. The molecule has 1 N–H and O–H groups in total. The zero-order valence-corrected chi connectivity index (χ0v) is 18.7. The smallest absolute Gasteiger partial charge is 0.272 e. The maximum Gasteiger partial charge on any atom is 0.272 e. The third kappa shape index (κ3) is 4.18. The Balaban J connectivity index is 1.31. The van der Waals surface area contributed by atoms with Crippen LogP contribution in [0.4, 0.5) is 0 Å². The molecule has 0 radical (unpaired) electrons. The second kappa shape index (κ2) is 9.50. The van der Waals surface area contributed by atoms with Gasteiger partial charge in [-0.05, 0) is 35.4 Å². The first-order valence-corrected chi connectivity index (χ1v) is 11.4. The SMILES string of the molecule is O=C(c1ccccn1)N1CC(=O)N2[C@H](CO)[C@@H](c3ccc(C#CCc4ccccc4)cc3)[C@H]2C1. The minimum absolute atomic E-state index is 0.00503. The van der Waals surface area contributed by atoms with Crippen LogP contribution in [0.15, 0.2) is 79.0 Å². The van der Waals surface area contributed by atoms with E-state index in [1.165, 1.54) is 5.56 Å². The van der Waals surface area contributed by atoms with Crippen LogP contribution in [0, 0.1) is 11.8 Å². The Hall–Kier alpha value is -3.95. The molecular weight excluding hydrogens is 426 g/mol. The number of amides is 2. The van der Waals surface area contributed by atoms with Crippen molar-refractivity contribution < 1.29 is 14.7 Å². The lowest BCUT2D eigenvalue weighted by Crippen LogP contribution is -2.73. The summed E-state index contributed by atoms with van der Waals surface area (Å²) in [5, 5.41) is 10.00. The quantitative estimate of drug-likeness (QED) is 0.619. The van der Waals surface area contributed by atoms with E-state index in [1.54, 1.807) is 34.2 Å². The number of aromatic nitrogens is 1. The fraction of sp³-hybridized carbons (Fsp3) is 0.250. The first kappa shape index (κ1) is 21.9. The van der Waals surface area contributed by atoms with Crippen LogP contribution in [0.3, 0.4) is 0 Å². The van der Waals surface area contributed by atoms with Gasteiger partial charge in [0.25, 0.3) is 5.91 Å². The number of pyridine rings is 1. The number of aliphatic hydroxyl groups is 1. The van der Waals surface area contributed by atoms with Gasteiger partial charge < -0.3 is 14.9 Å². The molecule has 2 aliphatic rings. The van der Waals surface area contributed by atoms with Crippen molar-refractivity contribution in [3.05, 3.63) is 101 Å². The number of fused-ring (bicyclic) bond motifs is 1. The molecule has 0 spiro atoms. The van der Waals surface area contributed by atoms with Crippen LogP contribution in [-0.2, 0) is 11.2 Å². The van der Waals surface area contributed by atoms with E-state index in [0.717, 1.165) is 11.1 Å². The van der Waals surface area contributed by atoms with Crippen LogP contribution in [-0.4, -0.2) is 63.5 Å². The van der Waals surface area contributed by atoms with Gasteiger partial charge in [-0.2, -0.15) is 0 Å². The molecule has 6 heteroatoms. The van der Waals surface area contributed by atoms with E-state index >= 15 is 0 Å². The van der Waals surface area contributed by atoms with Crippen molar-refractivity contribution >= 4 is 11.8 Å². The van der Waals surface area contributed by atoms with Crippen molar-refractivity contribution in [2.75, 3.05) is 19.7 Å². The van der Waals surface area contributed by atoms with Gasteiger partial charge in [0.05, 0.1) is 18.7 Å². The molecule has 2 aliphatic heterocycles. The van der Waals surface area contributed by atoms with Crippen molar-refractivity contribution in [2.24, 2.45) is 0 Å². The van der Waals surface area contributed by atoms with Gasteiger partial charge in [-0.3, -0.25) is 14.6 Å². The molecule has 2 aromatic carbocycles. The maximum atomic E-state index is 12.9. The van der Waals surface area contributed by atoms with Gasteiger partial charge in [-0.25, -0.2) is 0 Å². The summed E-state index contributed by atoms with van der Waals surface area (Å²) < 4.78 is 0. The monoisotopic (exact) mass is 451 g/mol. The average Bonchev–Trinajstić information content (AvgIpc) is 2.87. The minimum Gasteiger partial charge on any atom is -0.394 e. The summed E-state index contributed by atoms with van der Waals surface area (Å²) in [5.74, 6) is 5.98. The van der Waals surface area contributed by atoms with E-state index in [-0.39, 0.29) is 43.0 Å². The highest BCUT2D eigenvalue weighted by molar-refractivity contribution is 5.96. The largest absolute Gasteiger partial charge is 0.394 e. The predicted octanol–water partition coefficient (Wildman–Crippen LogP) is 2.49. The molecule has 0 unspecified atom stereocenters. The minimum atomic E-state index is -0.278. The van der Waals surface area contributed by atoms with Crippen molar-refractivity contribution in [2.45, 2.75) is 24.4 Å². The first-order chi connectivity index (χ1) is 16.7. The molecule has 3 heterocycles. The number of carbonyl (C=O) groups is 2. The van der Waals surface area contributed by atoms with Crippen LogP contribution in [0.25, 0.3) is 0 Å². The van der Waals surface area contributed by atoms with Gasteiger partial charge in [0.1, 0.15) is 12.2 Å². The molecule has 3 atom stereocenters. The summed E-state index contributed by atoms with van der Waals surface area (Å²) in [6, 6.07) is 22.8. The van der Waals surface area contributed by atoms with E-state index in [2.05, 4.69) is 29.0 Å². The molecule has 6 nitrogen and oxygen atoms in total. The first-order valence-electron chi connectivity index (χ1n) is 11.4. The van der Waals surface area contributed by atoms with E-state index in [9.17, 15) is 14.7 Å². The molecule has 3 aromatic rings. The highest BCUT2D eigenvalue weighted by Crippen LogP contribution is 2.43. The molecule has 34 heavy (non-hydrogen) atoms. The molecule has 2 fully saturated rings. The number of nitrogens with zero attached hydrogens (tertiary/aromatic N) is 3. The number of aliphatic hydroxyl groups excluding tert-OH is 1. The summed E-state index contributed by atoms with van der Waals surface area (Å²) in [7, 11) is 0. The summed E-state index contributed by atoms with van der Waals surface area (Å²) in [6.45, 7) is 0.311.